The summed E-state index contributed by atoms with van der Waals surface area (Å²) in [7, 11) is 6.39. The van der Waals surface area contributed by atoms with Crippen LogP contribution in [0.25, 0.3) is 0 Å². The van der Waals surface area contributed by atoms with Gasteiger partial charge in [-0.25, -0.2) is 0 Å². The molecule has 0 aromatic carbocycles. The average Bonchev–Trinajstić information content (AvgIpc) is 3.31. The van der Waals surface area contributed by atoms with Crippen molar-refractivity contribution >= 4 is 6.41 Å². The van der Waals surface area contributed by atoms with Gasteiger partial charge in [0.2, 0.25) is 6.41 Å². The van der Waals surface area contributed by atoms with E-state index < -0.39 is 0 Å². The van der Waals surface area contributed by atoms with E-state index in [9.17, 15) is 9.90 Å². The van der Waals surface area contributed by atoms with E-state index in [0.717, 1.165) is 12.8 Å². The molecule has 5 rings (SSSR count). The molecule has 0 heterocycles. The van der Waals surface area contributed by atoms with Gasteiger partial charge in [0.15, 0.2) is 0 Å². The molecule has 4 fully saturated rings. The van der Waals surface area contributed by atoms with Crippen molar-refractivity contribution in [2.45, 2.75) is 91.3 Å². The molecule has 0 radical (unpaired) electrons. The number of fused-ring (bicyclic) bond motifs is 2. The van der Waals surface area contributed by atoms with Crippen LogP contribution in [0.1, 0.15) is 73.1 Å². The second-order valence-corrected chi connectivity index (χ2v) is 13.8. The number of nitrogens with zero attached hydrogens (tertiary/aromatic N) is 2. The Hall–Kier alpha value is -0.870. The van der Waals surface area contributed by atoms with Gasteiger partial charge >= 0.3 is 0 Å². The van der Waals surface area contributed by atoms with Crippen LogP contribution in [0.3, 0.4) is 0 Å². The van der Waals surface area contributed by atoms with E-state index in [1.807, 2.05) is 7.05 Å². The molecule has 0 aliphatic heterocycles. The van der Waals surface area contributed by atoms with Crippen molar-refractivity contribution in [2.24, 2.45) is 44.8 Å². The molecule has 1 amide bonds. The Morgan fingerprint density at radius 3 is 2.22 bits per heavy atom. The van der Waals surface area contributed by atoms with Gasteiger partial charge in [-0.05, 0) is 98.5 Å². The van der Waals surface area contributed by atoms with Crippen LogP contribution >= 0.6 is 0 Å². The Labute approximate surface area is 195 Å². The van der Waals surface area contributed by atoms with E-state index in [-0.39, 0.29) is 34.3 Å². The Balaban J connectivity index is 1.54. The third-order valence-electron chi connectivity index (χ3n) is 12.5. The van der Waals surface area contributed by atoms with E-state index in [0.29, 0.717) is 28.7 Å². The fraction of sp³-hybridized carbons (Fsp3) is 0.893. The van der Waals surface area contributed by atoms with E-state index >= 15 is 0 Å². The summed E-state index contributed by atoms with van der Waals surface area (Å²) < 4.78 is 0. The van der Waals surface area contributed by atoms with Gasteiger partial charge in [0, 0.05) is 25.0 Å². The molecule has 10 unspecified atom stereocenters. The fourth-order valence-electron chi connectivity index (χ4n) is 10.8. The highest BCUT2D eigenvalue weighted by Gasteiger charge is 2.82. The van der Waals surface area contributed by atoms with E-state index in [4.69, 9.17) is 0 Å². The summed E-state index contributed by atoms with van der Waals surface area (Å²) in [4.78, 5) is 15.8. The number of aliphatic hydroxyl groups is 1. The Morgan fingerprint density at radius 2 is 1.59 bits per heavy atom. The topological polar surface area (TPSA) is 43.8 Å². The summed E-state index contributed by atoms with van der Waals surface area (Å²) in [6.07, 6.45) is 13.2. The Morgan fingerprint density at radius 1 is 0.969 bits per heavy atom. The highest BCUT2D eigenvalue weighted by Crippen LogP contribution is 2.87. The number of carbonyl (C=O) groups excluding carboxylic acids is 1. The SMILES string of the molecule is CC(C1C(O)CC2(C)C3C=CC4C(C)(C)C(N(C)C)CCC45CC35CCC12C)N(C)C=O. The number of aliphatic hydroxyl groups excluding tert-OH is 1. The largest absolute Gasteiger partial charge is 0.393 e. The van der Waals surface area contributed by atoms with Crippen LogP contribution in [0, 0.1) is 44.8 Å². The van der Waals surface area contributed by atoms with Crippen molar-refractivity contribution in [3.63, 3.8) is 0 Å². The molecule has 0 saturated heterocycles. The summed E-state index contributed by atoms with van der Waals surface area (Å²) in [5.74, 6) is 1.34. The van der Waals surface area contributed by atoms with E-state index in [1.54, 1.807) is 4.90 Å². The standard InChI is InChI=1S/C28H46N2O2/c1-18(30(8)17-31)23-19(32)15-26(5)21-10-9-20-24(2,3)22(29(6)7)11-12-27(20)16-28(21,27)14-13-25(23,26)4/h9-10,17-23,32H,11-16H2,1-8H3. The maximum absolute atomic E-state index is 11.6. The first-order valence-corrected chi connectivity index (χ1v) is 13.0. The number of hydrogen-bond acceptors (Lipinski definition) is 3. The summed E-state index contributed by atoms with van der Waals surface area (Å²) in [6.45, 7) is 12.1. The Kier molecular flexibility index (Phi) is 4.74. The molecule has 5 aliphatic carbocycles. The molecule has 180 valence electrons. The molecule has 0 bridgehead atoms. The zero-order valence-corrected chi connectivity index (χ0v) is 21.7. The molecule has 32 heavy (non-hydrogen) atoms. The normalized spacial score (nSPS) is 53.6. The molecule has 1 N–H and O–H groups in total. The molecule has 0 aromatic heterocycles. The van der Waals surface area contributed by atoms with Crippen LogP contribution in [-0.2, 0) is 4.79 Å². The zero-order valence-electron chi connectivity index (χ0n) is 21.7. The van der Waals surface area contributed by atoms with Gasteiger partial charge in [-0.15, -0.1) is 0 Å². The molecular formula is C28H46N2O2. The molecule has 4 heteroatoms. The van der Waals surface area contributed by atoms with Crippen molar-refractivity contribution in [1.29, 1.82) is 0 Å². The van der Waals surface area contributed by atoms with Crippen LogP contribution in [0.4, 0.5) is 0 Å². The third-order valence-corrected chi connectivity index (χ3v) is 12.5. The number of hydrogen-bond donors (Lipinski definition) is 1. The number of allylic oxidation sites excluding steroid dienone is 2. The van der Waals surface area contributed by atoms with Gasteiger partial charge < -0.3 is 14.9 Å². The quantitative estimate of drug-likeness (QED) is 0.512. The Bertz CT molecular complexity index is 837. The van der Waals surface area contributed by atoms with Gasteiger partial charge in [-0.1, -0.05) is 39.8 Å². The van der Waals surface area contributed by atoms with Gasteiger partial charge in [-0.2, -0.15) is 0 Å². The first-order chi connectivity index (χ1) is 14.8. The smallest absolute Gasteiger partial charge is 0.209 e. The maximum atomic E-state index is 11.6. The summed E-state index contributed by atoms with van der Waals surface area (Å²) in [6, 6.07) is 0.699. The second kappa shape index (κ2) is 6.62. The van der Waals surface area contributed by atoms with Crippen molar-refractivity contribution < 1.29 is 9.90 Å². The average molecular weight is 443 g/mol. The highest BCUT2D eigenvalue weighted by atomic mass is 16.3. The van der Waals surface area contributed by atoms with Crippen LogP contribution in [0.5, 0.6) is 0 Å². The molecular weight excluding hydrogens is 396 g/mol. The molecule has 5 aliphatic rings. The lowest BCUT2D eigenvalue weighted by Crippen LogP contribution is -2.58. The lowest BCUT2D eigenvalue weighted by molar-refractivity contribution is -0.127. The van der Waals surface area contributed by atoms with Crippen molar-refractivity contribution in [3.05, 3.63) is 12.2 Å². The van der Waals surface area contributed by atoms with Crippen molar-refractivity contribution in [1.82, 2.24) is 9.80 Å². The van der Waals surface area contributed by atoms with Gasteiger partial charge in [0.1, 0.15) is 0 Å². The second-order valence-electron chi connectivity index (χ2n) is 13.8. The van der Waals surface area contributed by atoms with Crippen molar-refractivity contribution in [3.8, 4) is 0 Å². The lowest BCUT2D eigenvalue weighted by Gasteiger charge is -2.62. The van der Waals surface area contributed by atoms with Crippen LogP contribution in [0.15, 0.2) is 12.2 Å². The third kappa shape index (κ3) is 2.39. The van der Waals surface area contributed by atoms with E-state index in [1.165, 1.54) is 32.1 Å². The van der Waals surface area contributed by atoms with Gasteiger partial charge in [-0.3, -0.25) is 4.79 Å². The summed E-state index contributed by atoms with van der Waals surface area (Å²) in [5.41, 5.74) is 1.30. The first-order valence-electron chi connectivity index (χ1n) is 13.0. The summed E-state index contributed by atoms with van der Waals surface area (Å²) in [5, 5.41) is 11.4. The van der Waals surface area contributed by atoms with E-state index in [2.05, 4.69) is 65.8 Å². The first kappa shape index (κ1) is 22.9. The molecule has 0 aromatic rings. The summed E-state index contributed by atoms with van der Waals surface area (Å²) >= 11 is 0. The van der Waals surface area contributed by atoms with Crippen LogP contribution in [-0.4, -0.2) is 60.6 Å². The highest BCUT2D eigenvalue weighted by molar-refractivity contribution is 5.47. The predicted octanol–water partition coefficient (Wildman–Crippen LogP) is 4.58. The minimum absolute atomic E-state index is 0.0519. The number of rotatable bonds is 4. The predicted molar refractivity (Wildman–Crippen MR) is 129 cm³/mol. The van der Waals surface area contributed by atoms with Gasteiger partial charge in [0.25, 0.3) is 0 Å². The monoisotopic (exact) mass is 442 g/mol. The molecule has 4 nitrogen and oxygen atoms in total. The van der Waals surface area contributed by atoms with Gasteiger partial charge in [0.05, 0.1) is 6.10 Å². The van der Waals surface area contributed by atoms with Crippen molar-refractivity contribution in [2.75, 3.05) is 21.1 Å². The molecule has 4 saturated carbocycles. The van der Waals surface area contributed by atoms with Crippen LogP contribution < -0.4 is 0 Å². The maximum Gasteiger partial charge on any atom is 0.209 e. The minimum Gasteiger partial charge on any atom is -0.393 e. The fourth-order valence-corrected chi connectivity index (χ4v) is 10.8. The minimum atomic E-state index is -0.334. The lowest BCUT2D eigenvalue weighted by atomic mass is 9.43. The molecule has 2 spiro atoms. The van der Waals surface area contributed by atoms with Crippen LogP contribution in [0.2, 0.25) is 0 Å². The zero-order chi connectivity index (χ0) is 23.5. The molecule has 10 atom stereocenters. The number of amides is 1. The number of carbonyl (C=O) groups is 1.